The SMILES string of the molecule is COCCN1CC(=O)N[C@H]2CN(Cc3cccnc3)C[C@@H]2OCc2cccc(c2)Oc2cc(ccc2OC)CCC1=O. The van der Waals surface area contributed by atoms with Crippen LogP contribution >= 0.6 is 0 Å². The van der Waals surface area contributed by atoms with Gasteiger partial charge in [0.2, 0.25) is 11.8 Å². The van der Waals surface area contributed by atoms with E-state index in [0.29, 0.717) is 63.1 Å². The number of likely N-dealkylation sites (tertiary alicyclic amines) is 1. The van der Waals surface area contributed by atoms with Gasteiger partial charge in [-0.2, -0.15) is 0 Å². The van der Waals surface area contributed by atoms with E-state index < -0.39 is 0 Å². The topological polar surface area (TPSA) is 102 Å². The van der Waals surface area contributed by atoms with Crippen LogP contribution in [0.5, 0.6) is 17.2 Å². The molecule has 0 radical (unpaired) electrons. The zero-order valence-corrected chi connectivity index (χ0v) is 24.2. The molecule has 1 fully saturated rings. The second-order valence-electron chi connectivity index (χ2n) is 10.6. The number of rotatable bonds is 6. The summed E-state index contributed by atoms with van der Waals surface area (Å²) in [6, 6.07) is 17.1. The summed E-state index contributed by atoms with van der Waals surface area (Å²) >= 11 is 0. The molecule has 1 aromatic heterocycles. The average Bonchev–Trinajstić information content (AvgIpc) is 3.37. The summed E-state index contributed by atoms with van der Waals surface area (Å²) in [5, 5.41) is 3.16. The summed E-state index contributed by atoms with van der Waals surface area (Å²) in [5.41, 5.74) is 2.98. The Kier molecular flexibility index (Phi) is 10.0. The molecule has 10 nitrogen and oxygen atoms in total. The van der Waals surface area contributed by atoms with Crippen LogP contribution in [0.2, 0.25) is 0 Å². The van der Waals surface area contributed by atoms with Crippen LogP contribution in [0.3, 0.4) is 0 Å². The third-order valence-corrected chi connectivity index (χ3v) is 7.52. The monoisotopic (exact) mass is 574 g/mol. The Morgan fingerprint density at radius 1 is 1.02 bits per heavy atom. The van der Waals surface area contributed by atoms with E-state index in [1.165, 1.54) is 0 Å². The molecule has 3 aromatic rings. The van der Waals surface area contributed by atoms with E-state index in [-0.39, 0.29) is 36.9 Å². The largest absolute Gasteiger partial charge is 0.493 e. The van der Waals surface area contributed by atoms with Crippen molar-refractivity contribution in [3.8, 4) is 17.2 Å². The lowest BCUT2D eigenvalue weighted by Crippen LogP contribution is -2.49. The highest BCUT2D eigenvalue weighted by Crippen LogP contribution is 2.33. The van der Waals surface area contributed by atoms with Crippen LogP contribution in [0, 0.1) is 0 Å². The van der Waals surface area contributed by atoms with Gasteiger partial charge in [-0.15, -0.1) is 0 Å². The number of ether oxygens (including phenoxy) is 4. The van der Waals surface area contributed by atoms with Crippen molar-refractivity contribution in [1.82, 2.24) is 20.1 Å². The van der Waals surface area contributed by atoms with E-state index in [0.717, 1.165) is 16.7 Å². The van der Waals surface area contributed by atoms with E-state index in [9.17, 15) is 9.59 Å². The van der Waals surface area contributed by atoms with E-state index in [1.54, 1.807) is 25.3 Å². The minimum absolute atomic E-state index is 0.0486. The fourth-order valence-corrected chi connectivity index (χ4v) is 5.35. The lowest BCUT2D eigenvalue weighted by atomic mass is 10.1. The molecular weight excluding hydrogens is 536 g/mol. The molecule has 222 valence electrons. The van der Waals surface area contributed by atoms with E-state index in [1.807, 2.05) is 60.8 Å². The molecule has 0 saturated carbocycles. The number of carbonyl (C=O) groups is 2. The second-order valence-corrected chi connectivity index (χ2v) is 10.6. The molecule has 3 heterocycles. The van der Waals surface area contributed by atoms with Gasteiger partial charge in [0.1, 0.15) is 5.75 Å². The van der Waals surface area contributed by atoms with Crippen molar-refractivity contribution >= 4 is 11.8 Å². The Morgan fingerprint density at radius 3 is 2.74 bits per heavy atom. The fraction of sp³-hybridized carbons (Fsp3) is 0.406. The maximum atomic E-state index is 13.3. The minimum Gasteiger partial charge on any atom is -0.493 e. The number of nitrogens with one attached hydrogen (secondary N) is 1. The maximum absolute atomic E-state index is 13.3. The predicted octanol–water partition coefficient (Wildman–Crippen LogP) is 3.19. The molecule has 0 unspecified atom stereocenters. The number of benzene rings is 2. The van der Waals surface area contributed by atoms with Crippen LogP contribution in [-0.2, 0) is 38.6 Å². The molecule has 5 rings (SSSR count). The molecule has 1 N–H and O–H groups in total. The Morgan fingerprint density at radius 2 is 1.93 bits per heavy atom. The number of nitrogens with zero attached hydrogens (tertiary/aromatic N) is 3. The first kappa shape index (κ1) is 29.5. The number of methoxy groups -OCH3 is 2. The van der Waals surface area contributed by atoms with Crippen LogP contribution in [0.4, 0.5) is 0 Å². The standard InChI is InChI=1S/C32H38N4O6/c1-39-14-13-36-21-31(37)34-27-19-35(18-25-6-4-12-33-17-25)20-30(27)41-22-24-5-3-7-26(15-24)42-29-16-23(9-11-32(36)38)8-10-28(29)40-2/h3-8,10,12,15-17,27,30H,9,11,13-14,18-22H2,1-2H3,(H,34,37)/t27-,30-/m0/s1. The molecule has 2 aromatic carbocycles. The van der Waals surface area contributed by atoms with Crippen molar-refractivity contribution in [2.45, 2.75) is 38.1 Å². The first-order chi connectivity index (χ1) is 20.5. The first-order valence-corrected chi connectivity index (χ1v) is 14.2. The van der Waals surface area contributed by atoms with E-state index >= 15 is 0 Å². The van der Waals surface area contributed by atoms with Crippen LogP contribution in [0.15, 0.2) is 67.0 Å². The maximum Gasteiger partial charge on any atom is 0.239 e. The smallest absolute Gasteiger partial charge is 0.239 e. The van der Waals surface area contributed by atoms with Gasteiger partial charge in [0.05, 0.1) is 39.0 Å². The van der Waals surface area contributed by atoms with Crippen LogP contribution in [-0.4, -0.2) is 85.7 Å². The van der Waals surface area contributed by atoms with Gasteiger partial charge in [-0.25, -0.2) is 0 Å². The zero-order valence-electron chi connectivity index (χ0n) is 24.2. The number of hydrogen-bond acceptors (Lipinski definition) is 8. The van der Waals surface area contributed by atoms with E-state index in [2.05, 4.69) is 15.2 Å². The first-order valence-electron chi connectivity index (χ1n) is 14.2. The minimum atomic E-state index is -0.242. The van der Waals surface area contributed by atoms with Crippen LogP contribution < -0.4 is 14.8 Å². The number of aryl methyl sites for hydroxylation is 1. The van der Waals surface area contributed by atoms with Crippen LogP contribution in [0.25, 0.3) is 0 Å². The van der Waals surface area contributed by atoms with Gasteiger partial charge in [-0.1, -0.05) is 24.3 Å². The molecule has 0 aliphatic carbocycles. The molecule has 10 heteroatoms. The lowest BCUT2D eigenvalue weighted by molar-refractivity contribution is -0.137. The van der Waals surface area contributed by atoms with Gasteiger partial charge in [0, 0.05) is 52.1 Å². The van der Waals surface area contributed by atoms with Crippen molar-refractivity contribution in [2.24, 2.45) is 0 Å². The summed E-state index contributed by atoms with van der Waals surface area (Å²) in [6.45, 7) is 2.93. The second kappa shape index (κ2) is 14.3. The highest BCUT2D eigenvalue weighted by Gasteiger charge is 2.35. The summed E-state index contributed by atoms with van der Waals surface area (Å²) in [6.07, 6.45) is 4.10. The molecule has 2 atom stereocenters. The molecule has 4 bridgehead atoms. The average molecular weight is 575 g/mol. The van der Waals surface area contributed by atoms with Crippen molar-refractivity contribution in [3.63, 3.8) is 0 Å². The molecule has 2 amide bonds. The molecule has 0 spiro atoms. The van der Waals surface area contributed by atoms with Gasteiger partial charge in [0.15, 0.2) is 11.5 Å². The number of fused-ring (bicyclic) bond motifs is 5. The summed E-state index contributed by atoms with van der Waals surface area (Å²) in [4.78, 5) is 34.6. The quantitative estimate of drug-likeness (QED) is 0.479. The Labute approximate surface area is 246 Å². The van der Waals surface area contributed by atoms with Gasteiger partial charge >= 0.3 is 0 Å². The fourth-order valence-electron chi connectivity index (χ4n) is 5.35. The van der Waals surface area contributed by atoms with Crippen molar-refractivity contribution < 1.29 is 28.5 Å². The van der Waals surface area contributed by atoms with Gasteiger partial charge in [-0.3, -0.25) is 19.5 Å². The normalized spacial score (nSPS) is 20.2. The van der Waals surface area contributed by atoms with Crippen molar-refractivity contribution in [3.05, 3.63) is 83.7 Å². The summed E-state index contributed by atoms with van der Waals surface area (Å²) < 4.78 is 23.4. The van der Waals surface area contributed by atoms with Crippen molar-refractivity contribution in [2.75, 3.05) is 47.0 Å². The highest BCUT2D eigenvalue weighted by atomic mass is 16.5. The molecule has 2 aliphatic heterocycles. The molecule has 2 aliphatic rings. The Balaban J connectivity index is 1.40. The summed E-state index contributed by atoms with van der Waals surface area (Å²) in [5.74, 6) is 1.49. The van der Waals surface area contributed by atoms with Crippen molar-refractivity contribution in [1.29, 1.82) is 0 Å². The lowest BCUT2D eigenvalue weighted by Gasteiger charge is -2.25. The van der Waals surface area contributed by atoms with Crippen LogP contribution in [0.1, 0.15) is 23.1 Å². The highest BCUT2D eigenvalue weighted by molar-refractivity contribution is 5.85. The number of aromatic nitrogens is 1. The number of hydrogen-bond donors (Lipinski definition) is 1. The number of pyridine rings is 1. The van der Waals surface area contributed by atoms with Gasteiger partial charge in [0.25, 0.3) is 0 Å². The van der Waals surface area contributed by atoms with Gasteiger partial charge < -0.3 is 29.2 Å². The number of carbonyl (C=O) groups excluding carboxylic acids is 2. The molecule has 1 saturated heterocycles. The Hall–Kier alpha value is -3.99. The third kappa shape index (κ3) is 7.84. The zero-order chi connectivity index (χ0) is 29.3. The third-order valence-electron chi connectivity index (χ3n) is 7.52. The Bertz CT molecular complexity index is 1350. The molecule has 42 heavy (non-hydrogen) atoms. The predicted molar refractivity (Wildman–Crippen MR) is 156 cm³/mol. The van der Waals surface area contributed by atoms with Gasteiger partial charge in [-0.05, 0) is 53.4 Å². The summed E-state index contributed by atoms with van der Waals surface area (Å²) in [7, 11) is 3.18. The van der Waals surface area contributed by atoms with E-state index in [4.69, 9.17) is 18.9 Å². The number of amides is 2. The molecular formula is C32H38N4O6.